The van der Waals surface area contributed by atoms with Crippen molar-refractivity contribution in [3.63, 3.8) is 0 Å². The number of halogens is 1. The van der Waals surface area contributed by atoms with Crippen molar-refractivity contribution in [2.24, 2.45) is 0 Å². The Morgan fingerprint density at radius 3 is 2.50 bits per heavy atom. The van der Waals surface area contributed by atoms with E-state index in [0.717, 1.165) is 17.3 Å². The predicted octanol–water partition coefficient (Wildman–Crippen LogP) is 2.17. The van der Waals surface area contributed by atoms with Crippen molar-refractivity contribution in [1.82, 2.24) is 9.97 Å². The van der Waals surface area contributed by atoms with Gasteiger partial charge in [-0.15, -0.1) is 0 Å². The summed E-state index contributed by atoms with van der Waals surface area (Å²) in [6.07, 6.45) is 7.29. The number of nitrogens with zero attached hydrogens (tertiary/aromatic N) is 2. The second-order valence-electron chi connectivity index (χ2n) is 2.85. The monoisotopic (exact) mass is 228 g/mol. The summed E-state index contributed by atoms with van der Waals surface area (Å²) in [5.41, 5.74) is 0. The number of ether oxygens (including phenoxy) is 1. The lowest BCUT2D eigenvalue weighted by molar-refractivity contribution is 0.108. The Balaban J connectivity index is 1.98. The lowest BCUT2D eigenvalue weighted by Crippen LogP contribution is -2.25. The first-order valence-electron chi connectivity index (χ1n) is 3.99. The lowest BCUT2D eigenvalue weighted by Gasteiger charge is -2.24. The van der Waals surface area contributed by atoms with Gasteiger partial charge in [0.15, 0.2) is 0 Å². The molecule has 0 aliphatic heterocycles. The van der Waals surface area contributed by atoms with Gasteiger partial charge in [0.25, 0.3) is 0 Å². The van der Waals surface area contributed by atoms with Crippen LogP contribution in [0.2, 0.25) is 0 Å². The molecule has 3 nitrogen and oxygen atoms in total. The molecular weight excluding hydrogens is 220 g/mol. The number of rotatable bonds is 2. The molecule has 2 rings (SSSR count). The molecule has 0 unspecified atom stereocenters. The maximum absolute atomic E-state index is 5.46. The van der Waals surface area contributed by atoms with E-state index < -0.39 is 0 Å². The van der Waals surface area contributed by atoms with Crippen LogP contribution in [0.15, 0.2) is 16.9 Å². The number of hydrogen-bond acceptors (Lipinski definition) is 3. The normalized spacial score (nSPS) is 17.1. The molecular formula is C8H9BrN2O. The molecule has 0 saturated heterocycles. The summed E-state index contributed by atoms with van der Waals surface area (Å²) in [4.78, 5) is 8.04. The molecule has 0 bridgehead atoms. The van der Waals surface area contributed by atoms with Crippen LogP contribution in [0.1, 0.15) is 19.3 Å². The Hall–Kier alpha value is -0.640. The van der Waals surface area contributed by atoms with E-state index in [1.54, 1.807) is 12.4 Å². The van der Waals surface area contributed by atoms with Crippen molar-refractivity contribution in [2.45, 2.75) is 25.4 Å². The summed E-state index contributed by atoms with van der Waals surface area (Å²) >= 11 is 3.26. The van der Waals surface area contributed by atoms with Crippen molar-refractivity contribution in [1.29, 1.82) is 0 Å². The van der Waals surface area contributed by atoms with Crippen LogP contribution in [-0.4, -0.2) is 16.1 Å². The maximum atomic E-state index is 5.46. The Kier molecular flexibility index (Phi) is 2.26. The fraction of sp³-hybridized carbons (Fsp3) is 0.500. The molecule has 12 heavy (non-hydrogen) atoms. The van der Waals surface area contributed by atoms with Gasteiger partial charge in [-0.1, -0.05) is 0 Å². The summed E-state index contributed by atoms with van der Waals surface area (Å²) in [6, 6.07) is 0.489. The molecule has 1 aromatic heterocycles. The molecule has 0 aromatic carbocycles. The Bertz CT molecular complexity index is 258. The first-order valence-corrected chi connectivity index (χ1v) is 4.78. The van der Waals surface area contributed by atoms with Crippen molar-refractivity contribution < 1.29 is 4.74 Å². The van der Waals surface area contributed by atoms with Crippen LogP contribution in [0, 0.1) is 0 Å². The third-order valence-electron chi connectivity index (χ3n) is 1.92. The first kappa shape index (κ1) is 7.98. The van der Waals surface area contributed by atoms with Gasteiger partial charge in [0, 0.05) is 12.4 Å². The molecule has 0 spiro atoms. The van der Waals surface area contributed by atoms with Crippen LogP contribution >= 0.6 is 15.9 Å². The highest BCUT2D eigenvalue weighted by atomic mass is 79.9. The van der Waals surface area contributed by atoms with Crippen LogP contribution in [0.4, 0.5) is 0 Å². The summed E-state index contributed by atoms with van der Waals surface area (Å²) in [6.45, 7) is 0. The van der Waals surface area contributed by atoms with E-state index in [4.69, 9.17) is 4.74 Å². The van der Waals surface area contributed by atoms with Gasteiger partial charge in [-0.25, -0.2) is 9.97 Å². The fourth-order valence-corrected chi connectivity index (χ4v) is 1.20. The smallest absolute Gasteiger partial charge is 0.316 e. The lowest BCUT2D eigenvalue weighted by atomic mass is 9.96. The number of aromatic nitrogens is 2. The van der Waals surface area contributed by atoms with E-state index in [1.807, 2.05) is 0 Å². The molecule has 0 atom stereocenters. The fourth-order valence-electron chi connectivity index (χ4n) is 0.999. The van der Waals surface area contributed by atoms with Gasteiger partial charge < -0.3 is 4.74 Å². The topological polar surface area (TPSA) is 35.0 Å². The summed E-state index contributed by atoms with van der Waals surface area (Å²) in [5.74, 6) is 0. The zero-order valence-corrected chi connectivity index (χ0v) is 8.12. The molecule has 64 valence electrons. The van der Waals surface area contributed by atoms with Gasteiger partial charge in [-0.2, -0.15) is 0 Å². The highest BCUT2D eigenvalue weighted by Crippen LogP contribution is 2.22. The minimum absolute atomic E-state index is 0.353. The zero-order chi connectivity index (χ0) is 8.39. The van der Waals surface area contributed by atoms with E-state index in [2.05, 4.69) is 25.9 Å². The van der Waals surface area contributed by atoms with E-state index >= 15 is 0 Å². The summed E-state index contributed by atoms with van der Waals surface area (Å²) < 4.78 is 6.34. The van der Waals surface area contributed by atoms with E-state index in [0.29, 0.717) is 12.1 Å². The molecule has 1 aliphatic rings. The molecule has 0 amide bonds. The Morgan fingerprint density at radius 2 is 2.00 bits per heavy atom. The number of hydrogen-bond donors (Lipinski definition) is 0. The SMILES string of the molecule is Brc1cnc(OC2CCC2)nc1. The highest BCUT2D eigenvalue weighted by Gasteiger charge is 2.19. The largest absolute Gasteiger partial charge is 0.460 e. The molecule has 1 saturated carbocycles. The van der Waals surface area contributed by atoms with Gasteiger partial charge in [-0.3, -0.25) is 0 Å². The Morgan fingerprint density at radius 1 is 1.33 bits per heavy atom. The van der Waals surface area contributed by atoms with Gasteiger partial charge in [0.1, 0.15) is 6.10 Å². The molecule has 4 heteroatoms. The van der Waals surface area contributed by atoms with Crippen LogP contribution in [0.25, 0.3) is 0 Å². The average Bonchev–Trinajstić information content (AvgIpc) is 2.00. The van der Waals surface area contributed by atoms with Crippen molar-refractivity contribution in [3.8, 4) is 6.01 Å². The molecule has 0 N–H and O–H groups in total. The Labute approximate surface area is 79.3 Å². The molecule has 0 radical (unpaired) electrons. The molecule has 1 aromatic rings. The molecule has 1 aliphatic carbocycles. The van der Waals surface area contributed by atoms with E-state index in [-0.39, 0.29) is 0 Å². The quantitative estimate of drug-likeness (QED) is 0.779. The minimum Gasteiger partial charge on any atom is -0.460 e. The third kappa shape index (κ3) is 1.75. The van der Waals surface area contributed by atoms with Crippen molar-refractivity contribution in [2.75, 3.05) is 0 Å². The predicted molar refractivity (Wildman–Crippen MR) is 48.0 cm³/mol. The molecule has 1 fully saturated rings. The average molecular weight is 229 g/mol. The summed E-state index contributed by atoms with van der Waals surface area (Å²) in [5, 5.41) is 0. The van der Waals surface area contributed by atoms with Gasteiger partial charge in [0.2, 0.25) is 0 Å². The van der Waals surface area contributed by atoms with Crippen LogP contribution in [0.5, 0.6) is 6.01 Å². The highest BCUT2D eigenvalue weighted by molar-refractivity contribution is 9.10. The second-order valence-corrected chi connectivity index (χ2v) is 3.77. The third-order valence-corrected chi connectivity index (χ3v) is 2.33. The van der Waals surface area contributed by atoms with E-state index in [9.17, 15) is 0 Å². The van der Waals surface area contributed by atoms with Gasteiger partial charge in [0.05, 0.1) is 4.47 Å². The summed E-state index contributed by atoms with van der Waals surface area (Å²) in [7, 11) is 0. The van der Waals surface area contributed by atoms with Crippen LogP contribution < -0.4 is 4.74 Å². The standard InChI is InChI=1S/C8H9BrN2O/c9-6-4-10-8(11-5-6)12-7-2-1-3-7/h4-5,7H,1-3H2. The van der Waals surface area contributed by atoms with Gasteiger partial charge in [-0.05, 0) is 35.2 Å². The van der Waals surface area contributed by atoms with Crippen molar-refractivity contribution in [3.05, 3.63) is 16.9 Å². The van der Waals surface area contributed by atoms with Crippen molar-refractivity contribution >= 4 is 15.9 Å². The minimum atomic E-state index is 0.353. The second kappa shape index (κ2) is 3.39. The first-order chi connectivity index (χ1) is 5.84. The van der Waals surface area contributed by atoms with Crippen LogP contribution in [0.3, 0.4) is 0 Å². The van der Waals surface area contributed by atoms with Gasteiger partial charge >= 0.3 is 6.01 Å². The van der Waals surface area contributed by atoms with Crippen LogP contribution in [-0.2, 0) is 0 Å². The van der Waals surface area contributed by atoms with E-state index in [1.165, 1.54) is 6.42 Å². The zero-order valence-electron chi connectivity index (χ0n) is 6.53. The maximum Gasteiger partial charge on any atom is 0.316 e. The molecule has 1 heterocycles.